The normalized spacial score (nSPS) is 15.9. The molecule has 0 saturated carbocycles. The second-order valence-corrected chi connectivity index (χ2v) is 9.98. The summed E-state index contributed by atoms with van der Waals surface area (Å²) in [5.41, 5.74) is 1.38. The number of carbonyl (C=O) groups excluding carboxylic acids is 1. The van der Waals surface area contributed by atoms with E-state index in [1.54, 1.807) is 19.1 Å². The molecule has 2 aromatic rings. The Morgan fingerprint density at radius 3 is 2.56 bits per heavy atom. The number of hydrogen-bond donors (Lipinski definition) is 2. The second kappa shape index (κ2) is 11.6. The number of hydrogen-bond acceptors (Lipinski definition) is 8. The summed E-state index contributed by atoms with van der Waals surface area (Å²) in [5.74, 6) is 1.94. The molecule has 0 atom stereocenters. The van der Waals surface area contributed by atoms with Crippen molar-refractivity contribution in [1.82, 2.24) is 25.2 Å². The minimum absolute atomic E-state index is 0.278. The molecule has 8 nitrogen and oxygen atoms in total. The van der Waals surface area contributed by atoms with Crippen molar-refractivity contribution in [3.05, 3.63) is 58.0 Å². The standard InChI is InChI=1S/C24H32ClN7OS/c1-7-8-16(4)22(17(5)25)30-23(33)19-14-26-24(34-19)29-20-13-21(28-18(6)27-20)32-11-9-31(10-12-32)15(2)3/h7-8,13-15H,1,9-12H2,2-6H3,(H,30,33)(H,26,27,28,29)/b16-8-,22-17-. The molecule has 182 valence electrons. The molecule has 1 aliphatic heterocycles. The largest absolute Gasteiger partial charge is 0.354 e. The Bertz CT molecular complexity index is 1100. The summed E-state index contributed by atoms with van der Waals surface area (Å²) in [4.78, 5) is 31.5. The van der Waals surface area contributed by atoms with Gasteiger partial charge in [0.1, 0.15) is 22.3 Å². The number of aryl methyl sites for hydroxylation is 1. The third-order valence-corrected chi connectivity index (χ3v) is 6.60. The number of nitrogens with one attached hydrogen (secondary N) is 2. The molecule has 0 spiro atoms. The van der Waals surface area contributed by atoms with Crippen LogP contribution in [0.15, 0.2) is 47.3 Å². The van der Waals surface area contributed by atoms with Crippen LogP contribution in [0.3, 0.4) is 0 Å². The van der Waals surface area contributed by atoms with Crippen molar-refractivity contribution >= 4 is 45.6 Å². The zero-order chi connectivity index (χ0) is 24.8. The summed E-state index contributed by atoms with van der Waals surface area (Å²) in [6.07, 6.45) is 4.98. The molecule has 0 aromatic carbocycles. The van der Waals surface area contributed by atoms with Crippen LogP contribution in [-0.2, 0) is 0 Å². The van der Waals surface area contributed by atoms with Crippen molar-refractivity contribution in [1.29, 1.82) is 0 Å². The fourth-order valence-electron chi connectivity index (χ4n) is 3.68. The molecule has 34 heavy (non-hydrogen) atoms. The molecule has 0 radical (unpaired) electrons. The third-order valence-electron chi connectivity index (χ3n) is 5.50. The smallest absolute Gasteiger partial charge is 0.267 e. The van der Waals surface area contributed by atoms with E-state index in [0.717, 1.165) is 37.6 Å². The molecular formula is C24H32ClN7OS. The third kappa shape index (κ3) is 6.65. The van der Waals surface area contributed by atoms with Crippen molar-refractivity contribution < 1.29 is 4.79 Å². The Morgan fingerprint density at radius 1 is 1.24 bits per heavy atom. The van der Waals surface area contributed by atoms with E-state index in [1.807, 2.05) is 19.9 Å². The van der Waals surface area contributed by atoms with Crippen LogP contribution in [0.5, 0.6) is 0 Å². The van der Waals surface area contributed by atoms with Gasteiger partial charge < -0.3 is 15.5 Å². The van der Waals surface area contributed by atoms with Crippen LogP contribution in [0.4, 0.5) is 16.8 Å². The minimum Gasteiger partial charge on any atom is -0.354 e. The Hall–Kier alpha value is -2.75. The molecule has 10 heteroatoms. The zero-order valence-electron chi connectivity index (χ0n) is 20.4. The van der Waals surface area contributed by atoms with E-state index < -0.39 is 0 Å². The second-order valence-electron chi connectivity index (χ2n) is 8.38. The minimum atomic E-state index is -0.278. The van der Waals surface area contributed by atoms with E-state index in [-0.39, 0.29) is 5.91 Å². The van der Waals surface area contributed by atoms with Crippen LogP contribution in [0.25, 0.3) is 0 Å². The summed E-state index contributed by atoms with van der Waals surface area (Å²) in [7, 11) is 0. The monoisotopic (exact) mass is 501 g/mol. The first kappa shape index (κ1) is 25.9. The van der Waals surface area contributed by atoms with Crippen LogP contribution in [-0.4, -0.2) is 58.0 Å². The highest BCUT2D eigenvalue weighted by Gasteiger charge is 2.21. The van der Waals surface area contributed by atoms with Gasteiger partial charge in [-0.2, -0.15) is 0 Å². The average molecular weight is 502 g/mol. The highest BCUT2D eigenvalue weighted by Crippen LogP contribution is 2.25. The molecule has 3 heterocycles. The first-order valence-corrected chi connectivity index (χ1v) is 12.4. The van der Waals surface area contributed by atoms with Crippen LogP contribution in [0.2, 0.25) is 0 Å². The van der Waals surface area contributed by atoms with Crippen molar-refractivity contribution in [3.63, 3.8) is 0 Å². The Morgan fingerprint density at radius 2 is 1.94 bits per heavy atom. The fourth-order valence-corrected chi connectivity index (χ4v) is 4.60. The molecule has 2 aromatic heterocycles. The van der Waals surface area contributed by atoms with Gasteiger partial charge in [-0.3, -0.25) is 9.69 Å². The number of rotatable bonds is 8. The first-order chi connectivity index (χ1) is 16.2. The zero-order valence-corrected chi connectivity index (χ0v) is 21.9. The maximum Gasteiger partial charge on any atom is 0.267 e. The molecule has 1 saturated heterocycles. The van der Waals surface area contributed by atoms with Crippen LogP contribution < -0.4 is 15.5 Å². The number of allylic oxidation sites excluding steroid dienone is 4. The lowest BCUT2D eigenvalue weighted by molar-refractivity contribution is 0.0970. The van der Waals surface area contributed by atoms with E-state index in [0.29, 0.717) is 38.4 Å². The van der Waals surface area contributed by atoms with Crippen LogP contribution in [0, 0.1) is 6.92 Å². The average Bonchev–Trinajstić information content (AvgIpc) is 3.25. The summed E-state index contributed by atoms with van der Waals surface area (Å²) in [5, 5.41) is 7.15. The summed E-state index contributed by atoms with van der Waals surface area (Å²) >= 11 is 7.42. The maximum atomic E-state index is 12.8. The Labute approximate surface area is 210 Å². The fraction of sp³-hybridized carbons (Fsp3) is 0.417. The van der Waals surface area contributed by atoms with Crippen molar-refractivity contribution in [2.45, 2.75) is 40.7 Å². The summed E-state index contributed by atoms with van der Waals surface area (Å²) in [6.45, 7) is 17.5. The molecule has 0 unspecified atom stereocenters. The summed E-state index contributed by atoms with van der Waals surface area (Å²) in [6, 6.07) is 2.48. The number of aromatic nitrogens is 3. The number of nitrogens with zero attached hydrogens (tertiary/aromatic N) is 5. The van der Waals surface area contributed by atoms with Crippen LogP contribution in [0.1, 0.15) is 43.2 Å². The maximum absolute atomic E-state index is 12.8. The number of halogens is 1. The lowest BCUT2D eigenvalue weighted by Crippen LogP contribution is -2.49. The van der Waals surface area contributed by atoms with Gasteiger partial charge in [0.2, 0.25) is 0 Å². The number of thiazole rings is 1. The number of piperazine rings is 1. The van der Waals surface area contributed by atoms with Gasteiger partial charge in [0.15, 0.2) is 5.13 Å². The number of carbonyl (C=O) groups is 1. The van der Waals surface area contributed by atoms with Gasteiger partial charge >= 0.3 is 0 Å². The van der Waals surface area contributed by atoms with E-state index in [2.05, 4.69) is 55.8 Å². The Kier molecular flexibility index (Phi) is 8.82. The first-order valence-electron chi connectivity index (χ1n) is 11.2. The van der Waals surface area contributed by atoms with Gasteiger partial charge in [-0.15, -0.1) is 0 Å². The quantitative estimate of drug-likeness (QED) is 0.500. The number of amides is 1. The lowest BCUT2D eigenvalue weighted by Gasteiger charge is -2.37. The van der Waals surface area contributed by atoms with E-state index in [1.165, 1.54) is 17.5 Å². The van der Waals surface area contributed by atoms with Gasteiger partial charge in [-0.25, -0.2) is 15.0 Å². The van der Waals surface area contributed by atoms with E-state index >= 15 is 0 Å². The molecule has 1 aliphatic rings. The van der Waals surface area contributed by atoms with Gasteiger partial charge in [0.25, 0.3) is 5.91 Å². The molecular weight excluding hydrogens is 470 g/mol. The summed E-state index contributed by atoms with van der Waals surface area (Å²) < 4.78 is 0. The van der Waals surface area contributed by atoms with Gasteiger partial charge in [-0.1, -0.05) is 41.7 Å². The van der Waals surface area contributed by atoms with Gasteiger partial charge in [0, 0.05) is 43.3 Å². The van der Waals surface area contributed by atoms with Crippen molar-refractivity contribution in [2.75, 3.05) is 36.4 Å². The topological polar surface area (TPSA) is 86.3 Å². The lowest BCUT2D eigenvalue weighted by atomic mass is 10.2. The van der Waals surface area contributed by atoms with Gasteiger partial charge in [-0.05, 0) is 40.2 Å². The highest BCUT2D eigenvalue weighted by molar-refractivity contribution is 7.17. The van der Waals surface area contributed by atoms with E-state index in [4.69, 9.17) is 11.6 Å². The SMILES string of the molecule is C=C/C=C(C)\C(NC(=O)c1cnc(Nc2cc(N3CCN(C(C)C)CC3)nc(C)n2)s1)=C(/C)Cl. The predicted molar refractivity (Wildman–Crippen MR) is 141 cm³/mol. The highest BCUT2D eigenvalue weighted by atomic mass is 35.5. The van der Waals surface area contributed by atoms with Gasteiger partial charge in [0.05, 0.1) is 11.9 Å². The molecule has 0 aliphatic carbocycles. The molecule has 0 bridgehead atoms. The molecule has 2 N–H and O–H groups in total. The Balaban J connectivity index is 1.70. The van der Waals surface area contributed by atoms with Crippen LogP contribution >= 0.6 is 22.9 Å². The molecule has 1 amide bonds. The van der Waals surface area contributed by atoms with E-state index in [9.17, 15) is 4.79 Å². The molecule has 1 fully saturated rings. The number of anilines is 3. The van der Waals surface area contributed by atoms with Crippen molar-refractivity contribution in [3.8, 4) is 0 Å². The predicted octanol–water partition coefficient (Wildman–Crippen LogP) is 4.85. The molecule has 3 rings (SSSR count). The van der Waals surface area contributed by atoms with Crippen molar-refractivity contribution in [2.24, 2.45) is 0 Å².